The summed E-state index contributed by atoms with van der Waals surface area (Å²) in [6.07, 6.45) is 0. The summed E-state index contributed by atoms with van der Waals surface area (Å²) < 4.78 is 5.28. The molecule has 4 aromatic rings. The van der Waals surface area contributed by atoms with Crippen LogP contribution in [0.4, 0.5) is 0 Å². The highest BCUT2D eigenvalue weighted by molar-refractivity contribution is 6.09. The fourth-order valence-corrected chi connectivity index (χ4v) is 2.76. The quantitative estimate of drug-likeness (QED) is 0.452. The molecule has 0 radical (unpaired) electrons. The van der Waals surface area contributed by atoms with Crippen LogP contribution in [-0.4, -0.2) is 28.2 Å². The second kappa shape index (κ2) is 4.91. The third kappa shape index (κ3) is 2.05. The van der Waals surface area contributed by atoms with E-state index in [9.17, 15) is 9.90 Å². The molecule has 1 N–H and O–H groups in total. The zero-order chi connectivity index (χ0) is 16.0. The maximum Gasteiger partial charge on any atom is 0.337 e. The summed E-state index contributed by atoms with van der Waals surface area (Å²) in [6.45, 7) is 0. The summed E-state index contributed by atoms with van der Waals surface area (Å²) in [5, 5.41) is 11.2. The Labute approximate surface area is 131 Å². The van der Waals surface area contributed by atoms with Crippen molar-refractivity contribution in [3.05, 3.63) is 54.1 Å². The fourth-order valence-electron chi connectivity index (χ4n) is 2.76. The van der Waals surface area contributed by atoms with Crippen LogP contribution in [0, 0.1) is 0 Å². The number of nitrogens with zero attached hydrogens (tertiary/aromatic N) is 2. The summed E-state index contributed by atoms with van der Waals surface area (Å²) in [5.41, 5.74) is 2.50. The lowest BCUT2D eigenvalue weighted by molar-refractivity contribution is 0.0699. The Morgan fingerprint density at radius 1 is 1.00 bits per heavy atom. The number of carboxylic acid groups (broad SMARTS) is 1. The predicted molar refractivity (Wildman–Crippen MR) is 88.1 cm³/mol. The van der Waals surface area contributed by atoms with E-state index in [2.05, 4.69) is 9.97 Å². The van der Waals surface area contributed by atoms with E-state index in [1.807, 2.05) is 30.3 Å². The van der Waals surface area contributed by atoms with Crippen LogP contribution < -0.4 is 4.74 Å². The van der Waals surface area contributed by atoms with E-state index in [4.69, 9.17) is 4.74 Å². The predicted octanol–water partition coefficient (Wildman–Crippen LogP) is 3.64. The Balaban J connectivity index is 2.18. The molecule has 0 aliphatic heterocycles. The van der Waals surface area contributed by atoms with Crippen LogP contribution in [0.15, 0.2) is 48.5 Å². The van der Waals surface area contributed by atoms with Crippen molar-refractivity contribution in [1.82, 2.24) is 9.97 Å². The molecule has 112 valence electrons. The first-order valence-corrected chi connectivity index (χ1v) is 7.08. The van der Waals surface area contributed by atoms with Crippen LogP contribution in [0.1, 0.15) is 10.4 Å². The van der Waals surface area contributed by atoms with Crippen LogP contribution in [0.25, 0.3) is 32.8 Å². The smallest absolute Gasteiger partial charge is 0.337 e. The number of benzene rings is 3. The standard InChI is InChI=1S/C18H12N2O3/c1-23-11-7-5-10-6-8-15-17(13(10)9-11)20-16-12(18(21)22)3-2-4-14(16)19-15/h2-9H,1H3,(H,21,22). The van der Waals surface area contributed by atoms with Crippen LogP contribution in [0.2, 0.25) is 0 Å². The summed E-state index contributed by atoms with van der Waals surface area (Å²) in [7, 11) is 1.61. The number of fused-ring (bicyclic) bond motifs is 4. The Morgan fingerprint density at radius 3 is 2.57 bits per heavy atom. The van der Waals surface area contributed by atoms with E-state index >= 15 is 0 Å². The second-order valence-electron chi connectivity index (χ2n) is 5.22. The van der Waals surface area contributed by atoms with Crippen molar-refractivity contribution >= 4 is 38.8 Å². The van der Waals surface area contributed by atoms with Gasteiger partial charge < -0.3 is 9.84 Å². The van der Waals surface area contributed by atoms with Gasteiger partial charge in [-0.1, -0.05) is 18.2 Å². The fraction of sp³-hybridized carbons (Fsp3) is 0.0556. The maximum absolute atomic E-state index is 11.4. The third-order valence-electron chi connectivity index (χ3n) is 3.89. The van der Waals surface area contributed by atoms with E-state index in [1.165, 1.54) is 6.07 Å². The summed E-state index contributed by atoms with van der Waals surface area (Å²) in [4.78, 5) is 20.6. The van der Waals surface area contributed by atoms with Gasteiger partial charge in [0.1, 0.15) is 11.3 Å². The average molecular weight is 304 g/mol. The van der Waals surface area contributed by atoms with Crippen LogP contribution in [0.5, 0.6) is 5.75 Å². The molecule has 3 aromatic carbocycles. The zero-order valence-corrected chi connectivity index (χ0v) is 12.3. The lowest BCUT2D eigenvalue weighted by Gasteiger charge is -2.08. The number of para-hydroxylation sites is 1. The molecule has 0 spiro atoms. The number of carbonyl (C=O) groups is 1. The van der Waals surface area contributed by atoms with Gasteiger partial charge in [-0.05, 0) is 35.7 Å². The number of carboxylic acids is 1. The van der Waals surface area contributed by atoms with E-state index in [0.29, 0.717) is 16.6 Å². The summed E-state index contributed by atoms with van der Waals surface area (Å²) >= 11 is 0. The van der Waals surface area contributed by atoms with Crippen molar-refractivity contribution in [2.24, 2.45) is 0 Å². The largest absolute Gasteiger partial charge is 0.497 e. The number of hydrogen-bond donors (Lipinski definition) is 1. The molecule has 0 atom stereocenters. The van der Waals surface area contributed by atoms with Gasteiger partial charge in [0.05, 0.1) is 29.2 Å². The van der Waals surface area contributed by atoms with E-state index in [-0.39, 0.29) is 5.56 Å². The van der Waals surface area contributed by atoms with Crippen LogP contribution in [-0.2, 0) is 0 Å². The lowest BCUT2D eigenvalue weighted by Crippen LogP contribution is -2.00. The first-order valence-electron chi connectivity index (χ1n) is 7.08. The molecule has 0 saturated heterocycles. The van der Waals surface area contributed by atoms with Crippen molar-refractivity contribution in [3.63, 3.8) is 0 Å². The number of aromatic nitrogens is 2. The molecule has 23 heavy (non-hydrogen) atoms. The maximum atomic E-state index is 11.4. The Bertz CT molecular complexity index is 1090. The van der Waals surface area contributed by atoms with Gasteiger partial charge in [-0.3, -0.25) is 0 Å². The molecule has 0 aliphatic carbocycles. The minimum atomic E-state index is -1.01. The number of rotatable bonds is 2. The highest BCUT2D eigenvalue weighted by Crippen LogP contribution is 2.28. The Kier molecular flexibility index (Phi) is 2.87. The van der Waals surface area contributed by atoms with Crippen molar-refractivity contribution in [3.8, 4) is 5.75 Å². The van der Waals surface area contributed by atoms with Gasteiger partial charge in [0.2, 0.25) is 0 Å². The highest BCUT2D eigenvalue weighted by Gasteiger charge is 2.13. The minimum Gasteiger partial charge on any atom is -0.497 e. The molecule has 0 aliphatic rings. The number of ether oxygens (including phenoxy) is 1. The van der Waals surface area contributed by atoms with Gasteiger partial charge in [0, 0.05) is 5.39 Å². The second-order valence-corrected chi connectivity index (χ2v) is 5.22. The zero-order valence-electron chi connectivity index (χ0n) is 12.3. The van der Waals surface area contributed by atoms with Gasteiger partial charge >= 0.3 is 5.97 Å². The Morgan fingerprint density at radius 2 is 1.78 bits per heavy atom. The monoisotopic (exact) mass is 304 g/mol. The van der Waals surface area contributed by atoms with Gasteiger partial charge in [0.25, 0.3) is 0 Å². The molecule has 0 fully saturated rings. The summed E-state index contributed by atoms with van der Waals surface area (Å²) in [6, 6.07) is 14.6. The normalized spacial score (nSPS) is 11.2. The van der Waals surface area contributed by atoms with Gasteiger partial charge in [-0.2, -0.15) is 0 Å². The molecular formula is C18H12N2O3. The molecule has 0 unspecified atom stereocenters. The highest BCUT2D eigenvalue weighted by atomic mass is 16.5. The van der Waals surface area contributed by atoms with Crippen LogP contribution in [0.3, 0.4) is 0 Å². The molecule has 5 nitrogen and oxygen atoms in total. The number of methoxy groups -OCH3 is 1. The van der Waals surface area contributed by atoms with E-state index in [0.717, 1.165) is 22.0 Å². The molecule has 1 aromatic heterocycles. The molecule has 0 saturated carbocycles. The van der Waals surface area contributed by atoms with Crippen molar-refractivity contribution < 1.29 is 14.6 Å². The van der Waals surface area contributed by atoms with Crippen molar-refractivity contribution in [2.75, 3.05) is 7.11 Å². The molecular weight excluding hydrogens is 292 g/mol. The first kappa shape index (κ1) is 13.5. The first-order chi connectivity index (χ1) is 11.2. The lowest BCUT2D eigenvalue weighted by atomic mass is 10.1. The SMILES string of the molecule is COc1ccc2ccc3nc4cccc(C(=O)O)c4nc3c2c1. The molecule has 0 bridgehead atoms. The Hall–Kier alpha value is -3.21. The van der Waals surface area contributed by atoms with Gasteiger partial charge in [-0.15, -0.1) is 0 Å². The van der Waals surface area contributed by atoms with Crippen molar-refractivity contribution in [1.29, 1.82) is 0 Å². The molecule has 0 amide bonds. The van der Waals surface area contributed by atoms with E-state index in [1.54, 1.807) is 19.2 Å². The number of aromatic carboxylic acids is 1. The van der Waals surface area contributed by atoms with Gasteiger partial charge in [-0.25, -0.2) is 14.8 Å². The molecule has 5 heteroatoms. The van der Waals surface area contributed by atoms with E-state index < -0.39 is 5.97 Å². The average Bonchev–Trinajstić information content (AvgIpc) is 2.58. The number of hydrogen-bond acceptors (Lipinski definition) is 4. The van der Waals surface area contributed by atoms with Crippen LogP contribution >= 0.6 is 0 Å². The van der Waals surface area contributed by atoms with Crippen molar-refractivity contribution in [2.45, 2.75) is 0 Å². The molecule has 4 rings (SSSR count). The summed E-state index contributed by atoms with van der Waals surface area (Å²) in [5.74, 6) is -0.291. The minimum absolute atomic E-state index is 0.150. The third-order valence-corrected chi connectivity index (χ3v) is 3.89. The topological polar surface area (TPSA) is 72.3 Å². The molecule has 1 heterocycles. The van der Waals surface area contributed by atoms with Gasteiger partial charge in [0.15, 0.2) is 0 Å².